The van der Waals surface area contributed by atoms with E-state index < -0.39 is 0 Å². The van der Waals surface area contributed by atoms with E-state index in [1.807, 2.05) is 13.0 Å². The lowest BCUT2D eigenvalue weighted by atomic mass is 10.1. The first kappa shape index (κ1) is 12.9. The molecule has 0 amide bonds. The van der Waals surface area contributed by atoms with Gasteiger partial charge in [-0.25, -0.2) is 9.97 Å². The molecule has 0 saturated carbocycles. The number of nitrogens with one attached hydrogen (secondary N) is 2. The van der Waals surface area contributed by atoms with E-state index in [9.17, 15) is 0 Å². The van der Waals surface area contributed by atoms with Gasteiger partial charge in [0.2, 0.25) is 5.95 Å². The van der Waals surface area contributed by atoms with E-state index in [0.29, 0.717) is 11.1 Å². The van der Waals surface area contributed by atoms with Crippen molar-refractivity contribution in [3.05, 3.63) is 52.9 Å². The lowest BCUT2D eigenvalue weighted by Crippen LogP contribution is -2.08. The maximum Gasteiger partial charge on any atom is 0.224 e. The zero-order valence-corrected chi connectivity index (χ0v) is 11.9. The summed E-state index contributed by atoms with van der Waals surface area (Å²) < 4.78 is 0. The molecule has 3 aromatic rings. The molecule has 102 valence electrons. The van der Waals surface area contributed by atoms with Crippen LogP contribution in [-0.4, -0.2) is 21.5 Å². The van der Waals surface area contributed by atoms with E-state index in [1.54, 1.807) is 6.07 Å². The van der Waals surface area contributed by atoms with Crippen molar-refractivity contribution >= 4 is 28.5 Å². The van der Waals surface area contributed by atoms with Gasteiger partial charge in [-0.15, -0.1) is 0 Å². The molecule has 0 atom stereocenters. The van der Waals surface area contributed by atoms with Crippen LogP contribution in [0, 0.1) is 6.92 Å². The maximum absolute atomic E-state index is 5.91. The summed E-state index contributed by atoms with van der Waals surface area (Å²) in [5, 5.41) is 4.94. The minimum Gasteiger partial charge on any atom is -0.361 e. The number of fused-ring (bicyclic) bond motifs is 1. The predicted molar refractivity (Wildman–Crippen MR) is 82.3 cm³/mol. The Morgan fingerprint density at radius 3 is 2.95 bits per heavy atom. The third kappa shape index (κ3) is 2.75. The number of aryl methyl sites for hydroxylation is 1. The molecule has 0 bridgehead atoms. The number of aromatic amines is 1. The summed E-state index contributed by atoms with van der Waals surface area (Å²) in [5.74, 6) is 0.579. The Morgan fingerprint density at radius 1 is 1.25 bits per heavy atom. The zero-order valence-electron chi connectivity index (χ0n) is 11.2. The standard InChI is InChI=1S/C15H15ClN4/c1-10-8-14(16)20-15(19-10)17-7-6-11-9-18-13-5-3-2-4-12(11)13/h2-5,8-9,18H,6-7H2,1H3,(H,17,19,20). The molecule has 5 heteroatoms. The van der Waals surface area contributed by atoms with E-state index in [1.165, 1.54) is 10.9 Å². The van der Waals surface area contributed by atoms with Gasteiger partial charge in [-0.2, -0.15) is 0 Å². The molecule has 0 radical (unpaired) electrons. The lowest BCUT2D eigenvalue weighted by molar-refractivity contribution is 0.980. The van der Waals surface area contributed by atoms with Crippen LogP contribution in [0.15, 0.2) is 36.5 Å². The fourth-order valence-electron chi connectivity index (χ4n) is 2.26. The van der Waals surface area contributed by atoms with Crippen molar-refractivity contribution in [2.45, 2.75) is 13.3 Å². The molecule has 2 heterocycles. The van der Waals surface area contributed by atoms with Crippen LogP contribution in [0.2, 0.25) is 5.15 Å². The first-order valence-corrected chi connectivity index (χ1v) is 6.90. The van der Waals surface area contributed by atoms with Crippen LogP contribution in [0.4, 0.5) is 5.95 Å². The largest absolute Gasteiger partial charge is 0.361 e. The number of rotatable bonds is 4. The Balaban J connectivity index is 1.68. The van der Waals surface area contributed by atoms with Gasteiger partial charge in [-0.05, 0) is 31.0 Å². The van der Waals surface area contributed by atoms with Crippen molar-refractivity contribution in [3.8, 4) is 0 Å². The Morgan fingerprint density at radius 2 is 2.10 bits per heavy atom. The van der Waals surface area contributed by atoms with Crippen LogP contribution in [0.25, 0.3) is 10.9 Å². The molecule has 2 aromatic heterocycles. The fourth-order valence-corrected chi connectivity index (χ4v) is 2.49. The highest BCUT2D eigenvalue weighted by molar-refractivity contribution is 6.29. The Kier molecular flexibility index (Phi) is 3.56. The highest BCUT2D eigenvalue weighted by atomic mass is 35.5. The number of nitrogens with zero attached hydrogens (tertiary/aromatic N) is 2. The van der Waals surface area contributed by atoms with Crippen LogP contribution in [0.5, 0.6) is 0 Å². The summed E-state index contributed by atoms with van der Waals surface area (Å²) in [7, 11) is 0. The van der Waals surface area contributed by atoms with E-state index in [0.717, 1.165) is 24.2 Å². The number of halogens is 1. The predicted octanol–water partition coefficient (Wildman–Crippen LogP) is 3.57. The number of anilines is 1. The normalized spacial score (nSPS) is 10.9. The summed E-state index contributed by atoms with van der Waals surface area (Å²) in [6, 6.07) is 10.0. The molecular formula is C15H15ClN4. The Labute approximate surface area is 122 Å². The SMILES string of the molecule is Cc1cc(Cl)nc(NCCc2c[nH]c3ccccc23)n1. The van der Waals surface area contributed by atoms with Gasteiger partial charge in [0.25, 0.3) is 0 Å². The van der Waals surface area contributed by atoms with Gasteiger partial charge in [0.05, 0.1) is 0 Å². The van der Waals surface area contributed by atoms with Gasteiger partial charge in [0, 0.05) is 29.3 Å². The Bertz CT molecular complexity index is 715. The molecule has 0 aliphatic heterocycles. The minimum atomic E-state index is 0.465. The number of hydrogen-bond acceptors (Lipinski definition) is 3. The van der Waals surface area contributed by atoms with Crippen molar-refractivity contribution < 1.29 is 0 Å². The second-order valence-corrected chi connectivity index (χ2v) is 5.08. The topological polar surface area (TPSA) is 53.6 Å². The summed E-state index contributed by atoms with van der Waals surface area (Å²) in [6.45, 7) is 2.67. The molecule has 0 saturated heterocycles. The van der Waals surface area contributed by atoms with Crippen LogP contribution in [-0.2, 0) is 6.42 Å². The highest BCUT2D eigenvalue weighted by Gasteiger charge is 2.04. The number of aromatic nitrogens is 3. The van der Waals surface area contributed by atoms with E-state index in [-0.39, 0.29) is 0 Å². The van der Waals surface area contributed by atoms with Crippen LogP contribution >= 0.6 is 11.6 Å². The molecular weight excluding hydrogens is 272 g/mol. The number of para-hydroxylation sites is 1. The molecule has 2 N–H and O–H groups in total. The average Bonchev–Trinajstić information content (AvgIpc) is 2.81. The number of benzene rings is 1. The van der Waals surface area contributed by atoms with Crippen molar-refractivity contribution in [2.75, 3.05) is 11.9 Å². The van der Waals surface area contributed by atoms with Crippen LogP contribution < -0.4 is 5.32 Å². The van der Waals surface area contributed by atoms with Gasteiger partial charge in [0.15, 0.2) is 0 Å². The first-order chi connectivity index (χ1) is 9.72. The molecule has 1 aromatic carbocycles. The Hall–Kier alpha value is -2.07. The molecule has 0 unspecified atom stereocenters. The van der Waals surface area contributed by atoms with E-state index in [4.69, 9.17) is 11.6 Å². The van der Waals surface area contributed by atoms with Crippen molar-refractivity contribution in [1.82, 2.24) is 15.0 Å². The lowest BCUT2D eigenvalue weighted by Gasteiger charge is -2.05. The quantitative estimate of drug-likeness (QED) is 0.721. The smallest absolute Gasteiger partial charge is 0.224 e. The maximum atomic E-state index is 5.91. The molecule has 20 heavy (non-hydrogen) atoms. The van der Waals surface area contributed by atoms with Crippen LogP contribution in [0.1, 0.15) is 11.3 Å². The molecule has 0 aliphatic carbocycles. The van der Waals surface area contributed by atoms with Gasteiger partial charge >= 0.3 is 0 Å². The van der Waals surface area contributed by atoms with Crippen LogP contribution in [0.3, 0.4) is 0 Å². The number of hydrogen-bond donors (Lipinski definition) is 2. The summed E-state index contributed by atoms with van der Waals surface area (Å²) in [4.78, 5) is 11.7. The van der Waals surface area contributed by atoms with E-state index in [2.05, 4.69) is 44.7 Å². The summed E-state index contributed by atoms with van der Waals surface area (Å²) in [6.07, 6.45) is 2.95. The molecule has 0 spiro atoms. The third-order valence-corrected chi connectivity index (χ3v) is 3.37. The van der Waals surface area contributed by atoms with E-state index >= 15 is 0 Å². The van der Waals surface area contributed by atoms with Crippen molar-refractivity contribution in [3.63, 3.8) is 0 Å². The first-order valence-electron chi connectivity index (χ1n) is 6.52. The molecule has 3 rings (SSSR count). The van der Waals surface area contributed by atoms with Crippen molar-refractivity contribution in [2.24, 2.45) is 0 Å². The van der Waals surface area contributed by atoms with Gasteiger partial charge < -0.3 is 10.3 Å². The molecule has 0 aliphatic rings. The summed E-state index contributed by atoms with van der Waals surface area (Å²) >= 11 is 5.91. The monoisotopic (exact) mass is 286 g/mol. The summed E-state index contributed by atoms with van der Waals surface area (Å²) in [5.41, 5.74) is 3.31. The second kappa shape index (κ2) is 5.51. The minimum absolute atomic E-state index is 0.465. The second-order valence-electron chi connectivity index (χ2n) is 4.69. The number of H-pyrrole nitrogens is 1. The van der Waals surface area contributed by atoms with Gasteiger partial charge in [-0.1, -0.05) is 29.8 Å². The average molecular weight is 287 g/mol. The third-order valence-electron chi connectivity index (χ3n) is 3.18. The van der Waals surface area contributed by atoms with Gasteiger partial charge in [0.1, 0.15) is 5.15 Å². The van der Waals surface area contributed by atoms with Gasteiger partial charge in [-0.3, -0.25) is 0 Å². The fraction of sp³-hybridized carbons (Fsp3) is 0.200. The highest BCUT2D eigenvalue weighted by Crippen LogP contribution is 2.18. The molecule has 4 nitrogen and oxygen atoms in total. The molecule has 0 fully saturated rings. The zero-order chi connectivity index (χ0) is 13.9. The van der Waals surface area contributed by atoms with Crippen molar-refractivity contribution in [1.29, 1.82) is 0 Å².